The summed E-state index contributed by atoms with van der Waals surface area (Å²) in [6.07, 6.45) is -3.10. The second-order valence-electron chi connectivity index (χ2n) is 5.82. The molecule has 0 unspecified atom stereocenters. The molecule has 0 aliphatic heterocycles. The minimum atomic E-state index is -4.46. The lowest BCUT2D eigenvalue weighted by Gasteiger charge is -2.07. The molecule has 140 valence electrons. The summed E-state index contributed by atoms with van der Waals surface area (Å²) >= 11 is 0. The van der Waals surface area contributed by atoms with Crippen LogP contribution in [0.15, 0.2) is 54.7 Å². The molecule has 2 aromatic carbocycles. The normalized spacial score (nSPS) is 11.4. The summed E-state index contributed by atoms with van der Waals surface area (Å²) in [5, 5.41) is 13.7. The van der Waals surface area contributed by atoms with E-state index < -0.39 is 17.7 Å². The molecule has 1 N–H and O–H groups in total. The summed E-state index contributed by atoms with van der Waals surface area (Å²) in [5.74, 6) is -0.553. The minimum absolute atomic E-state index is 0.0855. The van der Waals surface area contributed by atoms with E-state index >= 15 is 0 Å². The fourth-order valence-corrected chi connectivity index (χ4v) is 2.65. The predicted octanol–water partition coefficient (Wildman–Crippen LogP) is 4.32. The number of rotatable bonds is 5. The van der Waals surface area contributed by atoms with Crippen LogP contribution in [-0.4, -0.2) is 28.0 Å². The number of hydrogen-bond acceptors (Lipinski definition) is 3. The van der Waals surface area contributed by atoms with Crippen molar-refractivity contribution in [3.63, 3.8) is 0 Å². The van der Waals surface area contributed by atoms with E-state index in [1.165, 1.54) is 30.1 Å². The molecule has 0 saturated heterocycles. The van der Waals surface area contributed by atoms with Gasteiger partial charge in [0.25, 0.3) is 0 Å². The van der Waals surface area contributed by atoms with Crippen molar-refractivity contribution < 1.29 is 27.8 Å². The Bertz CT molecular complexity index is 963. The molecule has 0 atom stereocenters. The zero-order valence-electron chi connectivity index (χ0n) is 14.2. The predicted molar refractivity (Wildman–Crippen MR) is 91.7 cm³/mol. The van der Waals surface area contributed by atoms with Crippen LogP contribution >= 0.6 is 0 Å². The Labute approximate surface area is 152 Å². The maximum atomic E-state index is 12.7. The number of aromatic carboxylic acids is 1. The molecule has 1 aromatic heterocycles. The number of carbonyl (C=O) groups is 1. The van der Waals surface area contributed by atoms with E-state index in [0.717, 1.165) is 17.7 Å². The Morgan fingerprint density at radius 3 is 2.48 bits per heavy atom. The van der Waals surface area contributed by atoms with Crippen molar-refractivity contribution in [1.29, 1.82) is 0 Å². The van der Waals surface area contributed by atoms with Gasteiger partial charge in [0, 0.05) is 11.8 Å². The van der Waals surface area contributed by atoms with Crippen LogP contribution in [-0.2, 0) is 12.7 Å². The molecule has 0 saturated carbocycles. The lowest BCUT2D eigenvalue weighted by atomic mass is 10.1. The fraction of sp³-hybridized carbons (Fsp3) is 0.158. The van der Waals surface area contributed by atoms with Crippen LogP contribution in [0.5, 0.6) is 5.75 Å². The zero-order valence-corrected chi connectivity index (χ0v) is 14.2. The smallest absolute Gasteiger partial charge is 0.416 e. The number of hydrogen-bond donors (Lipinski definition) is 1. The third-order valence-electron chi connectivity index (χ3n) is 3.96. The molecule has 0 radical (unpaired) electrons. The van der Waals surface area contributed by atoms with Crippen molar-refractivity contribution in [2.75, 3.05) is 7.11 Å². The summed E-state index contributed by atoms with van der Waals surface area (Å²) in [5.41, 5.74) is 0.355. The quantitative estimate of drug-likeness (QED) is 0.720. The number of halogens is 3. The van der Waals surface area contributed by atoms with Gasteiger partial charge in [-0.15, -0.1) is 0 Å². The van der Waals surface area contributed by atoms with Gasteiger partial charge in [-0.3, -0.25) is 4.68 Å². The number of nitrogens with zero attached hydrogens (tertiary/aromatic N) is 2. The number of methoxy groups -OCH3 is 1. The van der Waals surface area contributed by atoms with Gasteiger partial charge in [0.2, 0.25) is 0 Å². The molecule has 27 heavy (non-hydrogen) atoms. The van der Waals surface area contributed by atoms with Gasteiger partial charge < -0.3 is 9.84 Å². The van der Waals surface area contributed by atoms with Crippen LogP contribution in [0.4, 0.5) is 13.2 Å². The van der Waals surface area contributed by atoms with E-state index in [4.69, 9.17) is 4.74 Å². The van der Waals surface area contributed by atoms with Crippen LogP contribution in [0.3, 0.4) is 0 Å². The molecule has 0 aliphatic carbocycles. The summed E-state index contributed by atoms with van der Waals surface area (Å²) in [6.45, 7) is 0.290. The summed E-state index contributed by atoms with van der Waals surface area (Å²) in [6, 6.07) is 11.4. The Hall–Kier alpha value is -3.29. The van der Waals surface area contributed by atoms with Crippen molar-refractivity contribution >= 4 is 5.97 Å². The molecule has 3 aromatic rings. The molecule has 0 spiro atoms. The van der Waals surface area contributed by atoms with Crippen molar-refractivity contribution in [3.8, 4) is 17.0 Å². The van der Waals surface area contributed by atoms with Gasteiger partial charge in [0.05, 0.1) is 19.2 Å². The van der Waals surface area contributed by atoms with Gasteiger partial charge in [0.1, 0.15) is 17.0 Å². The first-order chi connectivity index (χ1) is 12.8. The molecule has 0 aliphatic rings. The molecule has 8 heteroatoms. The zero-order chi connectivity index (χ0) is 19.6. The molecule has 1 heterocycles. The number of benzene rings is 2. The lowest BCUT2D eigenvalue weighted by molar-refractivity contribution is -0.137. The average Bonchev–Trinajstić information content (AvgIpc) is 3.05. The van der Waals surface area contributed by atoms with Crippen LogP contribution in [0, 0.1) is 0 Å². The Kier molecular flexibility index (Phi) is 4.89. The van der Waals surface area contributed by atoms with E-state index in [2.05, 4.69) is 5.10 Å². The second kappa shape index (κ2) is 7.14. The molecule has 3 rings (SSSR count). The Morgan fingerprint density at radius 1 is 1.19 bits per heavy atom. The maximum absolute atomic E-state index is 12.7. The van der Waals surface area contributed by atoms with Crippen molar-refractivity contribution in [2.45, 2.75) is 12.7 Å². The van der Waals surface area contributed by atoms with E-state index in [1.54, 1.807) is 18.2 Å². The monoisotopic (exact) mass is 376 g/mol. The number of aromatic nitrogens is 2. The number of ether oxygens (including phenoxy) is 1. The third-order valence-corrected chi connectivity index (χ3v) is 3.96. The van der Waals surface area contributed by atoms with E-state index in [-0.39, 0.29) is 17.8 Å². The standard InChI is InChI=1S/C19H15F3N2O3/c1-27-15-4-2-3-12(9-15)10-24-11-16(18(25)26)17(23-24)13-5-7-14(8-6-13)19(20,21)22/h2-9,11H,10H2,1H3,(H,25,26). The van der Waals surface area contributed by atoms with Gasteiger partial charge in [0.15, 0.2) is 0 Å². The molecule has 0 bridgehead atoms. The summed E-state index contributed by atoms with van der Waals surface area (Å²) in [7, 11) is 1.54. The van der Waals surface area contributed by atoms with E-state index in [1.807, 2.05) is 6.07 Å². The summed E-state index contributed by atoms with van der Waals surface area (Å²) in [4.78, 5) is 11.5. The number of carboxylic acids is 1. The Morgan fingerprint density at radius 2 is 1.89 bits per heavy atom. The van der Waals surface area contributed by atoms with E-state index in [0.29, 0.717) is 11.3 Å². The molecule has 0 amide bonds. The highest BCUT2D eigenvalue weighted by Crippen LogP contribution is 2.31. The molecule has 5 nitrogen and oxygen atoms in total. The first-order valence-corrected chi connectivity index (χ1v) is 7.89. The number of carboxylic acid groups (broad SMARTS) is 1. The first-order valence-electron chi connectivity index (χ1n) is 7.89. The SMILES string of the molecule is COc1cccc(Cn2cc(C(=O)O)c(-c3ccc(C(F)(F)F)cc3)n2)c1. The molecular weight excluding hydrogens is 361 g/mol. The highest BCUT2D eigenvalue weighted by atomic mass is 19.4. The molecular formula is C19H15F3N2O3. The van der Waals surface area contributed by atoms with Gasteiger partial charge in [-0.05, 0) is 29.8 Å². The highest BCUT2D eigenvalue weighted by molar-refractivity contribution is 5.94. The van der Waals surface area contributed by atoms with Gasteiger partial charge in [-0.25, -0.2) is 4.79 Å². The first kappa shape index (κ1) is 18.5. The topological polar surface area (TPSA) is 64.3 Å². The largest absolute Gasteiger partial charge is 0.497 e. The maximum Gasteiger partial charge on any atom is 0.416 e. The van der Waals surface area contributed by atoms with Gasteiger partial charge in [-0.1, -0.05) is 24.3 Å². The van der Waals surface area contributed by atoms with Crippen LogP contribution in [0.2, 0.25) is 0 Å². The van der Waals surface area contributed by atoms with Crippen LogP contribution in [0.25, 0.3) is 11.3 Å². The van der Waals surface area contributed by atoms with E-state index in [9.17, 15) is 23.1 Å². The van der Waals surface area contributed by atoms with Crippen LogP contribution < -0.4 is 4.74 Å². The van der Waals surface area contributed by atoms with Gasteiger partial charge >= 0.3 is 12.1 Å². The average molecular weight is 376 g/mol. The van der Waals surface area contributed by atoms with Crippen LogP contribution in [0.1, 0.15) is 21.5 Å². The molecule has 0 fully saturated rings. The lowest BCUT2D eigenvalue weighted by Crippen LogP contribution is -2.04. The van der Waals surface area contributed by atoms with Crippen molar-refractivity contribution in [2.24, 2.45) is 0 Å². The van der Waals surface area contributed by atoms with Crippen molar-refractivity contribution in [1.82, 2.24) is 9.78 Å². The Balaban J connectivity index is 1.95. The van der Waals surface area contributed by atoms with Gasteiger partial charge in [-0.2, -0.15) is 18.3 Å². The third kappa shape index (κ3) is 4.11. The number of alkyl halides is 3. The summed E-state index contributed by atoms with van der Waals surface area (Å²) < 4.78 is 44.7. The second-order valence-corrected chi connectivity index (χ2v) is 5.82. The fourth-order valence-electron chi connectivity index (χ4n) is 2.65. The highest BCUT2D eigenvalue weighted by Gasteiger charge is 2.30. The minimum Gasteiger partial charge on any atom is -0.497 e. The van der Waals surface area contributed by atoms with Crippen molar-refractivity contribution in [3.05, 3.63) is 71.4 Å².